The van der Waals surface area contributed by atoms with E-state index in [4.69, 9.17) is 4.74 Å². The molecular weight excluding hydrogens is 504 g/mol. The van der Waals surface area contributed by atoms with Crippen LogP contribution < -0.4 is 0 Å². The fourth-order valence-corrected chi connectivity index (χ4v) is 6.75. The number of sulfone groups is 1. The van der Waals surface area contributed by atoms with Gasteiger partial charge >= 0.3 is 5.97 Å². The molecule has 0 aliphatic heterocycles. The summed E-state index contributed by atoms with van der Waals surface area (Å²) >= 11 is 0. The van der Waals surface area contributed by atoms with Gasteiger partial charge in [0.25, 0.3) is 0 Å². The van der Waals surface area contributed by atoms with E-state index in [9.17, 15) is 13.2 Å². The third kappa shape index (κ3) is 8.28. The van der Waals surface area contributed by atoms with Crippen LogP contribution in [0.15, 0.2) is 94.4 Å². The normalized spacial score (nSPS) is 20.3. The van der Waals surface area contributed by atoms with Gasteiger partial charge in [-0.25, -0.2) is 13.2 Å². The van der Waals surface area contributed by atoms with Gasteiger partial charge in [-0.2, -0.15) is 0 Å². The van der Waals surface area contributed by atoms with Crippen molar-refractivity contribution >= 4 is 15.8 Å². The molecule has 0 aromatic heterocycles. The summed E-state index contributed by atoms with van der Waals surface area (Å²) in [6.07, 6.45) is 10.2. The van der Waals surface area contributed by atoms with Crippen molar-refractivity contribution in [1.82, 2.24) is 0 Å². The summed E-state index contributed by atoms with van der Waals surface area (Å²) in [7, 11) is -3.34. The lowest BCUT2D eigenvalue weighted by atomic mass is 9.67. The van der Waals surface area contributed by atoms with Gasteiger partial charge in [-0.15, -0.1) is 0 Å². The minimum absolute atomic E-state index is 0.0263. The van der Waals surface area contributed by atoms with Crippen LogP contribution in [0.3, 0.4) is 0 Å². The van der Waals surface area contributed by atoms with Crippen LogP contribution in [0.4, 0.5) is 0 Å². The van der Waals surface area contributed by atoms with E-state index in [-0.39, 0.29) is 23.7 Å². The topological polar surface area (TPSA) is 60.4 Å². The van der Waals surface area contributed by atoms with Crippen LogP contribution in [0.5, 0.6) is 0 Å². The van der Waals surface area contributed by atoms with Gasteiger partial charge in [-0.1, -0.05) is 86.0 Å². The first-order chi connectivity index (χ1) is 18.4. The van der Waals surface area contributed by atoms with Gasteiger partial charge in [-0.05, 0) is 93.5 Å². The van der Waals surface area contributed by atoms with Crippen LogP contribution in [0.1, 0.15) is 76.2 Å². The second-order valence-electron chi connectivity index (χ2n) is 11.6. The predicted molar refractivity (Wildman–Crippen MR) is 160 cm³/mol. The predicted octanol–water partition coefficient (Wildman–Crippen LogP) is 8.30. The summed E-state index contributed by atoms with van der Waals surface area (Å²) < 4.78 is 31.1. The number of carbonyl (C=O) groups is 1. The lowest BCUT2D eigenvalue weighted by Crippen LogP contribution is -2.29. The van der Waals surface area contributed by atoms with Crippen LogP contribution >= 0.6 is 0 Å². The summed E-state index contributed by atoms with van der Waals surface area (Å²) in [5.41, 5.74) is 5.22. The highest BCUT2D eigenvalue weighted by molar-refractivity contribution is 7.91. The molecule has 0 radical (unpaired) electrons. The van der Waals surface area contributed by atoms with Crippen LogP contribution in [-0.2, 0) is 14.6 Å². The number of rotatable bonds is 12. The van der Waals surface area contributed by atoms with E-state index in [1.54, 1.807) is 24.3 Å². The molecule has 5 heteroatoms. The number of hydrogen-bond acceptors (Lipinski definition) is 4. The maximum absolute atomic E-state index is 12.8. The molecule has 2 aromatic rings. The number of hydrogen-bond donors (Lipinski definition) is 0. The molecule has 2 atom stereocenters. The van der Waals surface area contributed by atoms with Crippen molar-refractivity contribution in [2.45, 2.75) is 72.1 Å². The van der Waals surface area contributed by atoms with E-state index >= 15 is 0 Å². The fraction of sp³-hybridized carbons (Fsp3) is 0.441. The molecule has 2 aromatic carbocycles. The second-order valence-corrected chi connectivity index (χ2v) is 13.6. The number of aryl methyl sites for hydroxylation is 1. The summed E-state index contributed by atoms with van der Waals surface area (Å²) in [5, 5.41) is 0. The molecule has 1 aliphatic rings. The van der Waals surface area contributed by atoms with Crippen LogP contribution in [-0.4, -0.2) is 26.7 Å². The summed E-state index contributed by atoms with van der Waals surface area (Å²) in [5.74, 6) is 0.811. The number of ether oxygens (including phenoxy) is 1. The number of esters is 1. The third-order valence-corrected chi connectivity index (χ3v) is 9.75. The minimum atomic E-state index is -3.34. The largest absolute Gasteiger partial charge is 0.458 e. The molecule has 210 valence electrons. The number of benzene rings is 2. The van der Waals surface area contributed by atoms with E-state index in [1.165, 1.54) is 5.57 Å². The molecular formula is C34H44O4S. The molecule has 0 unspecified atom stereocenters. The quantitative estimate of drug-likeness (QED) is 0.198. The van der Waals surface area contributed by atoms with E-state index in [2.05, 4.69) is 32.9 Å². The Morgan fingerprint density at radius 3 is 2.33 bits per heavy atom. The van der Waals surface area contributed by atoms with Gasteiger partial charge in [0.05, 0.1) is 16.2 Å². The molecule has 0 saturated heterocycles. The maximum atomic E-state index is 12.8. The van der Waals surface area contributed by atoms with Crippen molar-refractivity contribution < 1.29 is 17.9 Å². The zero-order valence-corrected chi connectivity index (χ0v) is 25.2. The van der Waals surface area contributed by atoms with Gasteiger partial charge in [0.2, 0.25) is 0 Å². The Kier molecular flexibility index (Phi) is 10.5. The average Bonchev–Trinajstić information content (AvgIpc) is 3.25. The van der Waals surface area contributed by atoms with E-state index < -0.39 is 9.84 Å². The van der Waals surface area contributed by atoms with E-state index in [0.29, 0.717) is 22.3 Å². The molecule has 1 aliphatic carbocycles. The van der Waals surface area contributed by atoms with Gasteiger partial charge in [0, 0.05) is 0 Å². The zero-order chi connectivity index (χ0) is 28.6. The molecule has 0 saturated carbocycles. The van der Waals surface area contributed by atoms with E-state index in [0.717, 1.165) is 42.4 Å². The molecule has 0 heterocycles. The molecule has 0 fully saturated rings. The molecule has 3 rings (SSSR count). The Bertz CT molecular complexity index is 1320. The van der Waals surface area contributed by atoms with Crippen molar-refractivity contribution in [3.8, 4) is 0 Å². The van der Waals surface area contributed by atoms with E-state index in [1.807, 2.05) is 57.2 Å². The Balaban J connectivity index is 1.62. The number of carbonyl (C=O) groups excluding carboxylic acids is 1. The van der Waals surface area contributed by atoms with Crippen LogP contribution in [0, 0.1) is 24.2 Å². The smallest absolute Gasteiger partial charge is 0.338 e. The molecule has 39 heavy (non-hydrogen) atoms. The molecule has 4 nitrogen and oxygen atoms in total. The summed E-state index contributed by atoms with van der Waals surface area (Å²) in [4.78, 5) is 12.7. The monoisotopic (exact) mass is 548 g/mol. The minimum Gasteiger partial charge on any atom is -0.458 e. The zero-order valence-electron chi connectivity index (χ0n) is 24.4. The van der Waals surface area contributed by atoms with Crippen molar-refractivity contribution in [2.75, 3.05) is 12.4 Å². The van der Waals surface area contributed by atoms with Crippen molar-refractivity contribution in [3.05, 3.63) is 101 Å². The molecule has 0 spiro atoms. The fourth-order valence-electron chi connectivity index (χ4n) is 5.50. The standard InChI is InChI=1S/C34H44O4S/c1-25(2)32-19-16-30(15-12-28(5)24-38-33(35)29-10-8-7-9-11-29)34(32,6)22-20-27(4)21-23-39(36,37)31-17-13-26(3)14-18-31/h7-14,16-18,21,25,32H,15,19-20,22-24H2,1-6H3/b27-21+,28-12+/t32-,34+/m0/s1. The van der Waals surface area contributed by atoms with Crippen molar-refractivity contribution in [1.29, 1.82) is 0 Å². The Hall–Kier alpha value is -2.92. The highest BCUT2D eigenvalue weighted by Gasteiger charge is 2.41. The highest BCUT2D eigenvalue weighted by atomic mass is 32.2. The van der Waals surface area contributed by atoms with Crippen LogP contribution in [0.25, 0.3) is 0 Å². The molecule has 0 bridgehead atoms. The Morgan fingerprint density at radius 1 is 1.03 bits per heavy atom. The summed E-state index contributed by atoms with van der Waals surface area (Å²) in [6.45, 7) is 13.2. The number of allylic oxidation sites excluding steroid dienone is 4. The van der Waals surface area contributed by atoms with Gasteiger partial charge < -0.3 is 4.74 Å². The van der Waals surface area contributed by atoms with Crippen LogP contribution in [0.2, 0.25) is 0 Å². The molecule has 0 N–H and O–H groups in total. The second kappa shape index (κ2) is 13.4. The Morgan fingerprint density at radius 2 is 1.69 bits per heavy atom. The van der Waals surface area contributed by atoms with Gasteiger partial charge in [0.15, 0.2) is 9.84 Å². The Labute approximate surface area is 235 Å². The lowest BCUT2D eigenvalue weighted by Gasteiger charge is -2.38. The van der Waals surface area contributed by atoms with Gasteiger partial charge in [-0.3, -0.25) is 0 Å². The van der Waals surface area contributed by atoms with Crippen molar-refractivity contribution in [2.24, 2.45) is 17.3 Å². The van der Waals surface area contributed by atoms with Crippen molar-refractivity contribution in [3.63, 3.8) is 0 Å². The first-order valence-electron chi connectivity index (χ1n) is 13.9. The average molecular weight is 549 g/mol. The maximum Gasteiger partial charge on any atom is 0.338 e. The lowest BCUT2D eigenvalue weighted by molar-refractivity contribution is 0.0539. The molecule has 0 amide bonds. The van der Waals surface area contributed by atoms with Gasteiger partial charge in [0.1, 0.15) is 6.61 Å². The first-order valence-corrected chi connectivity index (χ1v) is 15.6. The third-order valence-electron chi connectivity index (χ3n) is 8.16. The highest BCUT2D eigenvalue weighted by Crippen LogP contribution is 2.52. The summed E-state index contributed by atoms with van der Waals surface area (Å²) in [6, 6.07) is 16.1. The SMILES string of the molecule is C/C(=C\CS(=O)(=O)c1ccc(C)cc1)CC[C@]1(C)C(C/C=C(\C)COC(=O)c2ccccc2)=CC[C@H]1C(C)C. The first kappa shape index (κ1) is 30.6.